The molecule has 4 nitrogen and oxygen atoms in total. The second kappa shape index (κ2) is 8.40. The van der Waals surface area contributed by atoms with Gasteiger partial charge in [0.1, 0.15) is 0 Å². The van der Waals surface area contributed by atoms with Crippen molar-refractivity contribution in [2.45, 2.75) is 52.1 Å². The highest BCUT2D eigenvalue weighted by molar-refractivity contribution is 5.82. The summed E-state index contributed by atoms with van der Waals surface area (Å²) in [6.07, 6.45) is 3.28. The highest BCUT2D eigenvalue weighted by atomic mass is 16.2. The maximum Gasteiger partial charge on any atom is 0.225 e. The van der Waals surface area contributed by atoms with E-state index in [4.69, 9.17) is 0 Å². The van der Waals surface area contributed by atoms with Crippen LogP contribution < -0.4 is 5.32 Å². The molecule has 0 bridgehead atoms. The molecule has 0 spiro atoms. The third-order valence-corrected chi connectivity index (χ3v) is 6.36. The van der Waals surface area contributed by atoms with Crippen molar-refractivity contribution in [3.63, 3.8) is 0 Å². The summed E-state index contributed by atoms with van der Waals surface area (Å²) < 4.78 is 0. The largest absolute Gasteiger partial charge is 0.355 e. The zero-order chi connectivity index (χ0) is 20.4. The van der Waals surface area contributed by atoms with E-state index in [0.29, 0.717) is 25.4 Å². The molecular formula is C25H30N2O2. The first kappa shape index (κ1) is 19.7. The molecular weight excluding hydrogens is 360 g/mol. The summed E-state index contributed by atoms with van der Waals surface area (Å²) in [5, 5.41) is 2.96. The third-order valence-electron chi connectivity index (χ3n) is 6.36. The molecule has 29 heavy (non-hydrogen) atoms. The van der Waals surface area contributed by atoms with E-state index in [1.54, 1.807) is 0 Å². The van der Waals surface area contributed by atoms with Gasteiger partial charge >= 0.3 is 0 Å². The van der Waals surface area contributed by atoms with Gasteiger partial charge in [-0.05, 0) is 48.8 Å². The molecule has 2 aliphatic rings. The second-order valence-electron chi connectivity index (χ2n) is 8.62. The van der Waals surface area contributed by atoms with Crippen molar-refractivity contribution >= 4 is 11.8 Å². The lowest BCUT2D eigenvalue weighted by Gasteiger charge is -2.30. The predicted molar refractivity (Wildman–Crippen MR) is 114 cm³/mol. The van der Waals surface area contributed by atoms with Gasteiger partial charge in [0.05, 0.1) is 6.04 Å². The van der Waals surface area contributed by atoms with Gasteiger partial charge in [-0.1, -0.05) is 61.0 Å². The van der Waals surface area contributed by atoms with Gasteiger partial charge in [-0.2, -0.15) is 0 Å². The molecule has 0 saturated heterocycles. The van der Waals surface area contributed by atoms with E-state index in [0.717, 1.165) is 24.8 Å². The minimum atomic E-state index is 0.0987. The molecule has 3 unspecified atom stereocenters. The number of amides is 2. The Morgan fingerprint density at radius 3 is 2.55 bits per heavy atom. The number of nitrogens with one attached hydrogen (secondary N) is 1. The van der Waals surface area contributed by atoms with E-state index < -0.39 is 0 Å². The maximum atomic E-state index is 13.2. The van der Waals surface area contributed by atoms with Crippen LogP contribution in [0, 0.1) is 18.8 Å². The fourth-order valence-electron chi connectivity index (χ4n) is 4.38. The van der Waals surface area contributed by atoms with Crippen LogP contribution in [0.15, 0.2) is 48.5 Å². The minimum absolute atomic E-state index is 0.0987. The van der Waals surface area contributed by atoms with E-state index in [1.165, 1.54) is 16.7 Å². The van der Waals surface area contributed by atoms with Crippen LogP contribution in [0.3, 0.4) is 0 Å². The second-order valence-corrected chi connectivity index (χ2v) is 8.62. The molecule has 1 fully saturated rings. The molecule has 0 aliphatic heterocycles. The molecule has 2 aliphatic carbocycles. The van der Waals surface area contributed by atoms with Crippen molar-refractivity contribution < 1.29 is 9.59 Å². The van der Waals surface area contributed by atoms with Gasteiger partial charge in [-0.15, -0.1) is 0 Å². The van der Waals surface area contributed by atoms with Gasteiger partial charge < -0.3 is 10.2 Å². The quantitative estimate of drug-likeness (QED) is 0.771. The van der Waals surface area contributed by atoms with Gasteiger partial charge in [0.2, 0.25) is 11.8 Å². The number of fused-ring (bicyclic) bond motifs is 1. The number of aryl methyl sites for hydroxylation is 2. The first-order valence-corrected chi connectivity index (χ1v) is 10.7. The highest BCUT2D eigenvalue weighted by Gasteiger charge is 2.39. The van der Waals surface area contributed by atoms with Gasteiger partial charge in [0, 0.05) is 25.4 Å². The van der Waals surface area contributed by atoms with Crippen LogP contribution in [-0.2, 0) is 22.6 Å². The Kier molecular flexibility index (Phi) is 5.70. The topological polar surface area (TPSA) is 49.4 Å². The number of nitrogens with zero attached hydrogens (tertiary/aromatic N) is 1. The van der Waals surface area contributed by atoms with Crippen molar-refractivity contribution in [3.8, 4) is 0 Å². The lowest BCUT2D eigenvalue weighted by molar-refractivity contribution is -0.134. The summed E-state index contributed by atoms with van der Waals surface area (Å²) in [6, 6.07) is 17.0. The molecule has 4 heteroatoms. The molecule has 0 radical (unpaired) electrons. The van der Waals surface area contributed by atoms with Crippen LogP contribution in [0.5, 0.6) is 0 Å². The molecule has 3 atom stereocenters. The van der Waals surface area contributed by atoms with E-state index in [-0.39, 0.29) is 23.8 Å². The zero-order valence-corrected chi connectivity index (χ0v) is 17.4. The van der Waals surface area contributed by atoms with Crippen LogP contribution >= 0.6 is 0 Å². The van der Waals surface area contributed by atoms with Crippen molar-refractivity contribution in [2.24, 2.45) is 11.8 Å². The molecule has 0 aromatic heterocycles. The number of rotatable bonds is 7. The molecule has 2 aromatic carbocycles. The molecule has 152 valence electrons. The summed E-state index contributed by atoms with van der Waals surface area (Å²) in [5.41, 5.74) is 4.97. The van der Waals surface area contributed by atoms with Crippen molar-refractivity contribution in [1.29, 1.82) is 0 Å². The normalized spacial score (nSPS) is 22.1. The standard InChI is InChI=1S/C25H30N2O2/c1-17-7-9-19(10-8-17)16-27(23-12-11-20-5-3-4-6-21(20)23)24(28)13-14-26-25(29)22-15-18(22)2/h3-10,18,22-23H,11-16H2,1-2H3,(H,26,29). The minimum Gasteiger partial charge on any atom is -0.355 e. The first-order chi connectivity index (χ1) is 14.0. The maximum absolute atomic E-state index is 13.2. The van der Waals surface area contributed by atoms with Crippen LogP contribution in [-0.4, -0.2) is 23.3 Å². The van der Waals surface area contributed by atoms with E-state index >= 15 is 0 Å². The molecule has 1 saturated carbocycles. The summed E-state index contributed by atoms with van der Waals surface area (Å²) >= 11 is 0. The van der Waals surface area contributed by atoms with E-state index in [2.05, 4.69) is 67.7 Å². The fourth-order valence-corrected chi connectivity index (χ4v) is 4.38. The molecule has 2 aromatic rings. The van der Waals surface area contributed by atoms with E-state index in [9.17, 15) is 9.59 Å². The van der Waals surface area contributed by atoms with E-state index in [1.807, 2.05) is 4.90 Å². The number of hydrogen-bond acceptors (Lipinski definition) is 2. The summed E-state index contributed by atoms with van der Waals surface area (Å²) in [7, 11) is 0. The summed E-state index contributed by atoms with van der Waals surface area (Å²) in [5.74, 6) is 0.840. The van der Waals surface area contributed by atoms with Gasteiger partial charge in [0.25, 0.3) is 0 Å². The first-order valence-electron chi connectivity index (χ1n) is 10.7. The Bertz CT molecular complexity index is 890. The number of hydrogen-bond donors (Lipinski definition) is 1. The van der Waals surface area contributed by atoms with Crippen LogP contribution in [0.4, 0.5) is 0 Å². The zero-order valence-electron chi connectivity index (χ0n) is 17.4. The van der Waals surface area contributed by atoms with Crippen LogP contribution in [0.1, 0.15) is 54.5 Å². The van der Waals surface area contributed by atoms with Gasteiger partial charge in [0.15, 0.2) is 0 Å². The average Bonchev–Trinajstić information content (AvgIpc) is 3.31. The smallest absolute Gasteiger partial charge is 0.225 e. The number of carbonyl (C=O) groups excluding carboxylic acids is 2. The van der Waals surface area contributed by atoms with Gasteiger partial charge in [-0.3, -0.25) is 9.59 Å². The Balaban J connectivity index is 1.46. The number of benzene rings is 2. The van der Waals surface area contributed by atoms with Crippen molar-refractivity contribution in [3.05, 3.63) is 70.8 Å². The molecule has 1 N–H and O–H groups in total. The summed E-state index contributed by atoms with van der Waals surface area (Å²) in [4.78, 5) is 27.3. The number of carbonyl (C=O) groups is 2. The van der Waals surface area contributed by atoms with Crippen LogP contribution in [0.25, 0.3) is 0 Å². The third kappa shape index (κ3) is 4.52. The fraction of sp³-hybridized carbons (Fsp3) is 0.440. The predicted octanol–water partition coefficient (Wildman–Crippen LogP) is 4.17. The van der Waals surface area contributed by atoms with Gasteiger partial charge in [-0.25, -0.2) is 0 Å². The Hall–Kier alpha value is -2.62. The van der Waals surface area contributed by atoms with Crippen molar-refractivity contribution in [1.82, 2.24) is 10.2 Å². The monoisotopic (exact) mass is 390 g/mol. The van der Waals surface area contributed by atoms with Crippen molar-refractivity contribution in [2.75, 3.05) is 6.54 Å². The Morgan fingerprint density at radius 2 is 1.83 bits per heavy atom. The highest BCUT2D eigenvalue weighted by Crippen LogP contribution is 2.38. The SMILES string of the molecule is Cc1ccc(CN(C(=O)CCNC(=O)C2CC2C)C2CCc3ccccc32)cc1. The van der Waals surface area contributed by atoms with Crippen LogP contribution in [0.2, 0.25) is 0 Å². The lowest BCUT2D eigenvalue weighted by atomic mass is 10.0. The molecule has 4 rings (SSSR count). The Labute approximate surface area is 173 Å². The molecule has 2 amide bonds. The lowest BCUT2D eigenvalue weighted by Crippen LogP contribution is -2.36. The summed E-state index contributed by atoms with van der Waals surface area (Å²) in [6.45, 7) is 5.19. The average molecular weight is 391 g/mol. The molecule has 0 heterocycles. The Morgan fingerprint density at radius 1 is 1.10 bits per heavy atom.